The summed E-state index contributed by atoms with van der Waals surface area (Å²) in [7, 11) is -3.72. The van der Waals surface area contributed by atoms with Gasteiger partial charge in [0.2, 0.25) is 15.9 Å². The fourth-order valence-corrected chi connectivity index (χ4v) is 5.93. The van der Waals surface area contributed by atoms with Crippen LogP contribution < -0.4 is 0 Å². The van der Waals surface area contributed by atoms with Gasteiger partial charge in [0.1, 0.15) is 0 Å². The van der Waals surface area contributed by atoms with Crippen molar-refractivity contribution in [3.05, 3.63) is 99.1 Å². The molecular weight excluding hydrogens is 452 g/mol. The fraction of sp³-hybridized carbons (Fsp3) is 0.269. The molecule has 3 aromatic rings. The zero-order valence-electron chi connectivity index (χ0n) is 18.6. The molecule has 0 atom stereocenters. The molecule has 1 aromatic heterocycles. The van der Waals surface area contributed by atoms with Gasteiger partial charge in [0.15, 0.2) is 0 Å². The number of hydrogen-bond acceptors (Lipinski definition) is 4. The monoisotopic (exact) mass is 480 g/mol. The summed E-state index contributed by atoms with van der Waals surface area (Å²) in [6, 6.07) is 23.1. The summed E-state index contributed by atoms with van der Waals surface area (Å²) in [6.07, 6.45) is 3.16. The molecule has 1 saturated carbocycles. The van der Waals surface area contributed by atoms with Crippen LogP contribution in [0.2, 0.25) is 0 Å². The van der Waals surface area contributed by atoms with Crippen molar-refractivity contribution in [2.45, 2.75) is 38.9 Å². The van der Waals surface area contributed by atoms with Gasteiger partial charge >= 0.3 is 0 Å². The van der Waals surface area contributed by atoms with Crippen LogP contribution in [-0.2, 0) is 27.9 Å². The summed E-state index contributed by atoms with van der Waals surface area (Å²) in [4.78, 5) is 17.4. The number of aryl methyl sites for hydroxylation is 1. The molecule has 7 heteroatoms. The summed E-state index contributed by atoms with van der Waals surface area (Å²) in [6.45, 7) is 2.79. The first-order valence-electron chi connectivity index (χ1n) is 11.0. The zero-order valence-corrected chi connectivity index (χ0v) is 20.3. The van der Waals surface area contributed by atoms with Gasteiger partial charge in [0, 0.05) is 27.7 Å². The molecule has 0 saturated heterocycles. The second-order valence-corrected chi connectivity index (χ2v) is 11.4. The lowest BCUT2D eigenvalue weighted by atomic mass is 10.2. The highest BCUT2D eigenvalue weighted by Gasteiger charge is 2.38. The number of rotatable bonds is 10. The van der Waals surface area contributed by atoms with Gasteiger partial charge in [0.05, 0.1) is 13.1 Å². The Morgan fingerprint density at radius 3 is 2.24 bits per heavy atom. The maximum Gasteiger partial charge on any atom is 0.238 e. The van der Waals surface area contributed by atoms with Gasteiger partial charge in [-0.2, -0.15) is 4.31 Å². The van der Waals surface area contributed by atoms with Gasteiger partial charge in [-0.25, -0.2) is 8.42 Å². The summed E-state index contributed by atoms with van der Waals surface area (Å²) in [5.41, 5.74) is 1.82. The molecule has 0 spiro atoms. The van der Waals surface area contributed by atoms with Crippen molar-refractivity contribution >= 4 is 33.3 Å². The Bertz CT molecular complexity index is 1200. The number of amides is 1. The molecule has 1 fully saturated rings. The van der Waals surface area contributed by atoms with Crippen LogP contribution in [-0.4, -0.2) is 36.1 Å². The molecule has 1 aliphatic carbocycles. The fourth-order valence-electron chi connectivity index (χ4n) is 3.62. The highest BCUT2D eigenvalue weighted by molar-refractivity contribution is 7.92. The van der Waals surface area contributed by atoms with Crippen molar-refractivity contribution < 1.29 is 13.2 Å². The first-order valence-corrected chi connectivity index (χ1v) is 13.3. The SMILES string of the molecule is Cc1ccc(CN(Cc2ccccc2)C(=O)CN(C2CC2)S(=O)(=O)C=Cc2ccccc2)s1. The van der Waals surface area contributed by atoms with Crippen molar-refractivity contribution in [1.82, 2.24) is 9.21 Å². The topological polar surface area (TPSA) is 57.7 Å². The van der Waals surface area contributed by atoms with E-state index in [0.29, 0.717) is 13.1 Å². The van der Waals surface area contributed by atoms with Crippen molar-refractivity contribution in [2.75, 3.05) is 6.54 Å². The maximum absolute atomic E-state index is 13.4. The Balaban J connectivity index is 1.53. The highest BCUT2D eigenvalue weighted by Crippen LogP contribution is 2.30. The predicted molar refractivity (Wildman–Crippen MR) is 134 cm³/mol. The van der Waals surface area contributed by atoms with Crippen LogP contribution in [0.3, 0.4) is 0 Å². The lowest BCUT2D eigenvalue weighted by Crippen LogP contribution is -2.42. The van der Waals surface area contributed by atoms with E-state index >= 15 is 0 Å². The van der Waals surface area contributed by atoms with Gasteiger partial charge in [-0.1, -0.05) is 60.7 Å². The minimum absolute atomic E-state index is 0.109. The third-order valence-electron chi connectivity index (χ3n) is 5.52. The Labute approximate surface area is 200 Å². The molecule has 0 aliphatic heterocycles. The van der Waals surface area contributed by atoms with E-state index in [1.807, 2.05) is 79.7 Å². The Morgan fingerprint density at radius 2 is 1.64 bits per heavy atom. The van der Waals surface area contributed by atoms with E-state index in [1.54, 1.807) is 22.3 Å². The van der Waals surface area contributed by atoms with Gasteiger partial charge < -0.3 is 4.90 Å². The molecule has 0 N–H and O–H groups in total. The summed E-state index contributed by atoms with van der Waals surface area (Å²) in [5.74, 6) is -0.187. The third kappa shape index (κ3) is 6.63. The first-order chi connectivity index (χ1) is 15.9. The van der Waals surface area contributed by atoms with Gasteiger partial charge in [0.25, 0.3) is 0 Å². The first kappa shape index (κ1) is 23.4. The quantitative estimate of drug-likeness (QED) is 0.408. The number of thiophene rings is 1. The number of carbonyl (C=O) groups excluding carboxylic acids is 1. The summed E-state index contributed by atoms with van der Waals surface area (Å²) in [5, 5.41) is 1.22. The summed E-state index contributed by atoms with van der Waals surface area (Å²) < 4.78 is 27.6. The molecule has 172 valence electrons. The third-order valence-corrected chi connectivity index (χ3v) is 8.06. The number of hydrogen-bond donors (Lipinski definition) is 0. The molecule has 2 aromatic carbocycles. The zero-order chi connectivity index (χ0) is 23.3. The highest BCUT2D eigenvalue weighted by atomic mass is 32.2. The molecule has 1 heterocycles. The van der Waals surface area contributed by atoms with Crippen LogP contribution in [0.4, 0.5) is 0 Å². The van der Waals surface area contributed by atoms with Crippen LogP contribution in [0.5, 0.6) is 0 Å². The van der Waals surface area contributed by atoms with Crippen molar-refractivity contribution in [3.8, 4) is 0 Å². The minimum atomic E-state index is -3.72. The summed E-state index contributed by atoms with van der Waals surface area (Å²) >= 11 is 1.66. The van der Waals surface area contributed by atoms with E-state index in [0.717, 1.165) is 28.8 Å². The normalized spacial score (nSPS) is 14.1. The molecule has 1 aliphatic rings. The maximum atomic E-state index is 13.4. The molecular formula is C26H28N2O3S2. The lowest BCUT2D eigenvalue weighted by Gasteiger charge is -2.26. The van der Waals surface area contributed by atoms with E-state index in [9.17, 15) is 13.2 Å². The minimum Gasteiger partial charge on any atom is -0.332 e. The van der Waals surface area contributed by atoms with Crippen molar-refractivity contribution in [2.24, 2.45) is 0 Å². The van der Waals surface area contributed by atoms with Crippen LogP contribution in [0.15, 0.2) is 78.2 Å². The van der Waals surface area contributed by atoms with Crippen LogP contribution in [0.25, 0.3) is 6.08 Å². The molecule has 0 bridgehead atoms. The number of carbonyl (C=O) groups is 1. The van der Waals surface area contributed by atoms with Gasteiger partial charge in [-0.15, -0.1) is 11.3 Å². The lowest BCUT2D eigenvalue weighted by molar-refractivity contribution is -0.132. The van der Waals surface area contributed by atoms with E-state index in [1.165, 1.54) is 14.6 Å². The molecule has 0 radical (unpaired) electrons. The smallest absolute Gasteiger partial charge is 0.238 e. The Kier molecular flexibility index (Phi) is 7.42. The predicted octanol–water partition coefficient (Wildman–Crippen LogP) is 5.05. The van der Waals surface area contributed by atoms with Gasteiger partial charge in [-0.05, 0) is 49.1 Å². The molecule has 0 unspecified atom stereocenters. The molecule has 4 rings (SSSR count). The molecule has 5 nitrogen and oxygen atoms in total. The Hall–Kier alpha value is -2.74. The Morgan fingerprint density at radius 1 is 0.970 bits per heavy atom. The van der Waals surface area contributed by atoms with E-state index in [4.69, 9.17) is 0 Å². The van der Waals surface area contributed by atoms with E-state index in [2.05, 4.69) is 0 Å². The standard InChI is InChI=1S/C26H28N2O3S2/c1-21-12-15-25(32-21)19-27(18-23-10-6-3-7-11-23)26(29)20-28(24-13-14-24)33(30,31)17-16-22-8-4-2-5-9-22/h2-12,15-17,24H,13-14,18-20H2,1H3. The number of sulfonamides is 1. The second kappa shape index (κ2) is 10.5. The van der Waals surface area contributed by atoms with Crippen molar-refractivity contribution in [1.29, 1.82) is 0 Å². The average Bonchev–Trinajstić information content (AvgIpc) is 3.57. The average molecular weight is 481 g/mol. The van der Waals surface area contributed by atoms with Gasteiger partial charge in [-0.3, -0.25) is 4.79 Å². The molecule has 33 heavy (non-hydrogen) atoms. The number of nitrogens with zero attached hydrogens (tertiary/aromatic N) is 2. The number of benzene rings is 2. The van der Waals surface area contributed by atoms with Crippen molar-refractivity contribution in [3.63, 3.8) is 0 Å². The molecule has 1 amide bonds. The second-order valence-electron chi connectivity index (χ2n) is 8.28. The van der Waals surface area contributed by atoms with Crippen LogP contribution in [0, 0.1) is 6.92 Å². The van der Waals surface area contributed by atoms with E-state index in [-0.39, 0.29) is 18.5 Å². The van der Waals surface area contributed by atoms with Crippen LogP contribution >= 0.6 is 11.3 Å². The largest absolute Gasteiger partial charge is 0.332 e. The van der Waals surface area contributed by atoms with Crippen LogP contribution in [0.1, 0.15) is 33.7 Å². The van der Waals surface area contributed by atoms with E-state index < -0.39 is 10.0 Å².